The highest BCUT2D eigenvalue weighted by Gasteiger charge is 2.08. The van der Waals surface area contributed by atoms with Gasteiger partial charge in [-0.1, -0.05) is 83.3 Å². The summed E-state index contributed by atoms with van der Waals surface area (Å²) in [5.74, 6) is 0. The minimum absolute atomic E-state index is 0.274. The lowest BCUT2D eigenvalue weighted by atomic mass is 10.0. The summed E-state index contributed by atoms with van der Waals surface area (Å²) < 4.78 is 0. The smallest absolute Gasteiger partial charge is 0.0957 e. The molecular weight excluding hydrogens is 262 g/mol. The van der Waals surface area contributed by atoms with Crippen molar-refractivity contribution in [1.82, 2.24) is 0 Å². The van der Waals surface area contributed by atoms with Crippen LogP contribution in [0.5, 0.6) is 0 Å². The van der Waals surface area contributed by atoms with Crippen molar-refractivity contribution < 1.29 is 10.2 Å². The zero-order chi connectivity index (χ0) is 15.8. The van der Waals surface area contributed by atoms with Crippen LogP contribution in [0.1, 0.15) is 84.0 Å². The fourth-order valence-electron chi connectivity index (χ4n) is 2.43. The molecule has 0 aliphatic heterocycles. The lowest BCUT2D eigenvalue weighted by Crippen LogP contribution is -2.35. The summed E-state index contributed by atoms with van der Waals surface area (Å²) in [6.45, 7) is 1.99. The van der Waals surface area contributed by atoms with E-state index in [1.807, 2.05) is 6.08 Å². The molecule has 0 unspecified atom stereocenters. The van der Waals surface area contributed by atoms with E-state index in [1.54, 1.807) is 6.08 Å². The molecule has 0 rings (SSSR count). The van der Waals surface area contributed by atoms with Gasteiger partial charge in [-0.05, 0) is 12.8 Å². The van der Waals surface area contributed by atoms with Crippen molar-refractivity contribution in [2.45, 2.75) is 96.1 Å². The van der Waals surface area contributed by atoms with E-state index in [9.17, 15) is 5.11 Å². The topological polar surface area (TPSA) is 66.5 Å². The summed E-state index contributed by atoms with van der Waals surface area (Å²) in [5, 5.41) is 18.0. The van der Waals surface area contributed by atoms with Crippen molar-refractivity contribution in [3.63, 3.8) is 0 Å². The highest BCUT2D eigenvalue weighted by molar-refractivity contribution is 4.94. The summed E-state index contributed by atoms with van der Waals surface area (Å²) in [6.07, 6.45) is 18.9. The van der Waals surface area contributed by atoms with Crippen LogP contribution in [0.25, 0.3) is 0 Å². The van der Waals surface area contributed by atoms with Gasteiger partial charge >= 0.3 is 0 Å². The molecule has 0 saturated heterocycles. The van der Waals surface area contributed by atoms with E-state index in [0.29, 0.717) is 0 Å². The van der Waals surface area contributed by atoms with Gasteiger partial charge in [0.15, 0.2) is 0 Å². The van der Waals surface area contributed by atoms with Crippen molar-refractivity contribution in [3.05, 3.63) is 12.2 Å². The first-order valence-corrected chi connectivity index (χ1v) is 8.93. The normalized spacial score (nSPS) is 14.7. The molecule has 0 aromatic rings. The van der Waals surface area contributed by atoms with Gasteiger partial charge in [0.1, 0.15) is 0 Å². The van der Waals surface area contributed by atoms with E-state index in [4.69, 9.17) is 10.8 Å². The number of hydrogen-bond donors (Lipinski definition) is 3. The van der Waals surface area contributed by atoms with Crippen molar-refractivity contribution in [3.8, 4) is 0 Å². The van der Waals surface area contributed by atoms with Crippen LogP contribution in [0.4, 0.5) is 0 Å². The number of aliphatic hydroxyl groups excluding tert-OH is 2. The Kier molecular flexibility index (Phi) is 15.7. The van der Waals surface area contributed by atoms with Gasteiger partial charge in [-0.2, -0.15) is 0 Å². The van der Waals surface area contributed by atoms with Crippen LogP contribution in [0.15, 0.2) is 12.2 Å². The van der Waals surface area contributed by atoms with E-state index in [2.05, 4.69) is 6.92 Å². The van der Waals surface area contributed by atoms with Crippen LogP contribution in [-0.4, -0.2) is 29.0 Å². The largest absolute Gasteiger partial charge is 0.394 e. The lowest BCUT2D eigenvalue weighted by molar-refractivity contribution is 0.0854. The Hall–Kier alpha value is -0.380. The average Bonchev–Trinajstić information content (AvgIpc) is 2.50. The van der Waals surface area contributed by atoms with Gasteiger partial charge in [0.05, 0.1) is 18.8 Å². The maximum Gasteiger partial charge on any atom is 0.0957 e. The van der Waals surface area contributed by atoms with Crippen molar-refractivity contribution in [2.75, 3.05) is 6.61 Å². The molecule has 0 spiro atoms. The molecule has 0 heterocycles. The molecule has 3 nitrogen and oxygen atoms in total. The Morgan fingerprint density at radius 1 is 0.857 bits per heavy atom. The summed E-state index contributed by atoms with van der Waals surface area (Å²) in [6, 6.07) is -0.442. The molecule has 0 radical (unpaired) electrons. The second-order valence-corrected chi connectivity index (χ2v) is 6.08. The second-order valence-electron chi connectivity index (χ2n) is 6.08. The summed E-state index contributed by atoms with van der Waals surface area (Å²) in [5.41, 5.74) is 5.67. The van der Waals surface area contributed by atoms with Crippen molar-refractivity contribution >= 4 is 0 Å². The maximum atomic E-state index is 9.29. The molecule has 0 saturated carbocycles. The average molecular weight is 299 g/mol. The monoisotopic (exact) mass is 299 g/mol. The van der Waals surface area contributed by atoms with Gasteiger partial charge < -0.3 is 15.9 Å². The van der Waals surface area contributed by atoms with E-state index >= 15 is 0 Å². The number of rotatable bonds is 15. The van der Waals surface area contributed by atoms with Crippen LogP contribution in [-0.2, 0) is 0 Å². The first-order chi connectivity index (χ1) is 10.2. The minimum atomic E-state index is -0.835. The Bertz CT molecular complexity index is 231. The van der Waals surface area contributed by atoms with Gasteiger partial charge in [0.25, 0.3) is 0 Å². The molecular formula is C18H37NO2. The molecule has 0 aromatic heterocycles. The molecule has 126 valence electrons. The molecule has 3 heteroatoms. The molecule has 0 bridgehead atoms. The van der Waals surface area contributed by atoms with Crippen LogP contribution in [0.2, 0.25) is 0 Å². The fourth-order valence-corrected chi connectivity index (χ4v) is 2.43. The minimum Gasteiger partial charge on any atom is -0.394 e. The van der Waals surface area contributed by atoms with Gasteiger partial charge in [-0.15, -0.1) is 0 Å². The molecule has 2 atom stereocenters. The molecule has 0 aliphatic rings. The summed E-state index contributed by atoms with van der Waals surface area (Å²) in [7, 11) is 0. The van der Waals surface area contributed by atoms with Crippen LogP contribution >= 0.6 is 0 Å². The van der Waals surface area contributed by atoms with E-state index < -0.39 is 12.1 Å². The molecule has 0 aliphatic carbocycles. The molecule has 0 amide bonds. The zero-order valence-electron chi connectivity index (χ0n) is 14.0. The SMILES string of the molecule is CCCCCCCCCCCCC/C=C/[C@H](N)[C@H](O)CO. The summed E-state index contributed by atoms with van der Waals surface area (Å²) in [4.78, 5) is 0. The van der Waals surface area contributed by atoms with Crippen LogP contribution in [0, 0.1) is 0 Å². The third-order valence-corrected chi connectivity index (χ3v) is 3.96. The van der Waals surface area contributed by atoms with Gasteiger partial charge in [-0.3, -0.25) is 0 Å². The number of nitrogens with two attached hydrogens (primary N) is 1. The molecule has 4 N–H and O–H groups in total. The standard InChI is InChI=1S/C18H37NO2/c1-2-3-4-5-6-7-8-9-10-11-12-13-14-15-17(19)18(21)16-20/h14-15,17-18,20-21H,2-13,16,19H2,1H3/b15-14+/t17-,18+/m0/s1. The number of aliphatic hydroxyl groups is 2. The Labute approximate surface area is 131 Å². The quantitative estimate of drug-likeness (QED) is 0.317. The van der Waals surface area contributed by atoms with Crippen molar-refractivity contribution in [2.24, 2.45) is 5.73 Å². The molecule has 0 aromatic carbocycles. The van der Waals surface area contributed by atoms with E-state index in [-0.39, 0.29) is 6.61 Å². The van der Waals surface area contributed by atoms with Crippen LogP contribution in [0.3, 0.4) is 0 Å². The van der Waals surface area contributed by atoms with Gasteiger partial charge in [-0.25, -0.2) is 0 Å². The molecule has 21 heavy (non-hydrogen) atoms. The first-order valence-electron chi connectivity index (χ1n) is 8.93. The Morgan fingerprint density at radius 3 is 1.81 bits per heavy atom. The predicted molar refractivity (Wildman–Crippen MR) is 91.3 cm³/mol. The van der Waals surface area contributed by atoms with Crippen LogP contribution < -0.4 is 5.73 Å². The predicted octanol–water partition coefficient (Wildman–Crippen LogP) is 3.92. The highest BCUT2D eigenvalue weighted by atomic mass is 16.3. The van der Waals surface area contributed by atoms with Crippen molar-refractivity contribution in [1.29, 1.82) is 0 Å². The van der Waals surface area contributed by atoms with E-state index in [1.165, 1.54) is 70.6 Å². The lowest BCUT2D eigenvalue weighted by Gasteiger charge is -2.11. The third kappa shape index (κ3) is 14.3. The van der Waals surface area contributed by atoms with E-state index in [0.717, 1.165) is 6.42 Å². The molecule has 0 fully saturated rings. The first kappa shape index (κ1) is 20.6. The maximum absolute atomic E-state index is 9.29. The highest BCUT2D eigenvalue weighted by Crippen LogP contribution is 2.12. The second kappa shape index (κ2) is 16.0. The number of unbranched alkanes of at least 4 members (excludes halogenated alkanes) is 11. The van der Waals surface area contributed by atoms with Gasteiger partial charge in [0, 0.05) is 0 Å². The third-order valence-electron chi connectivity index (χ3n) is 3.96. The summed E-state index contributed by atoms with van der Waals surface area (Å²) >= 11 is 0. The number of allylic oxidation sites excluding steroid dienone is 1. The Balaban J connectivity index is 3.20. The zero-order valence-corrected chi connectivity index (χ0v) is 14.0. The fraction of sp³-hybridized carbons (Fsp3) is 0.889. The Morgan fingerprint density at radius 2 is 1.33 bits per heavy atom. The number of hydrogen-bond acceptors (Lipinski definition) is 3. The van der Waals surface area contributed by atoms with Gasteiger partial charge in [0.2, 0.25) is 0 Å².